The largest absolute Gasteiger partial charge is 0.496 e. The first-order valence-electron chi connectivity index (χ1n) is 9.04. The summed E-state index contributed by atoms with van der Waals surface area (Å²) in [5, 5.41) is 7.85. The first kappa shape index (κ1) is 16.8. The third-order valence-electron chi connectivity index (χ3n) is 4.94. The standard InChI is InChI=1S/C19H24N6O/c1-14-11-18(25-19(23-14)21-13-22-25)20-12-16(24-9-5-6-10-24)15-7-3-4-8-17(15)26-2/h3-4,7-8,11,13,16,20H,5-6,9-10,12H2,1-2H3. The van der Waals surface area contributed by atoms with Crippen molar-refractivity contribution in [1.82, 2.24) is 24.5 Å². The zero-order valence-corrected chi connectivity index (χ0v) is 15.2. The molecule has 1 atom stereocenters. The molecule has 7 heteroatoms. The molecule has 0 radical (unpaired) electrons. The third kappa shape index (κ3) is 3.22. The second-order valence-corrected chi connectivity index (χ2v) is 6.64. The number of methoxy groups -OCH3 is 1. The Balaban J connectivity index is 1.63. The summed E-state index contributed by atoms with van der Waals surface area (Å²) in [6.45, 7) is 4.95. The number of hydrogen-bond acceptors (Lipinski definition) is 6. The number of anilines is 1. The normalized spacial score (nSPS) is 16.1. The van der Waals surface area contributed by atoms with Gasteiger partial charge in [-0.1, -0.05) is 18.2 Å². The predicted molar refractivity (Wildman–Crippen MR) is 101 cm³/mol. The van der Waals surface area contributed by atoms with Gasteiger partial charge in [0.15, 0.2) is 0 Å². The van der Waals surface area contributed by atoms with Crippen LogP contribution < -0.4 is 10.1 Å². The molecule has 1 aliphatic heterocycles. The van der Waals surface area contributed by atoms with E-state index in [0.717, 1.165) is 36.9 Å². The lowest BCUT2D eigenvalue weighted by atomic mass is 10.0. The van der Waals surface area contributed by atoms with Gasteiger partial charge in [0.1, 0.15) is 17.9 Å². The van der Waals surface area contributed by atoms with Gasteiger partial charge in [0.05, 0.1) is 13.2 Å². The van der Waals surface area contributed by atoms with Gasteiger partial charge in [-0.2, -0.15) is 14.6 Å². The van der Waals surface area contributed by atoms with Gasteiger partial charge in [-0.3, -0.25) is 4.90 Å². The number of para-hydroxylation sites is 1. The van der Waals surface area contributed by atoms with Crippen molar-refractivity contribution in [3.63, 3.8) is 0 Å². The summed E-state index contributed by atoms with van der Waals surface area (Å²) in [7, 11) is 1.73. The van der Waals surface area contributed by atoms with E-state index in [0.29, 0.717) is 5.78 Å². The molecule has 2 aromatic heterocycles. The number of aryl methyl sites for hydroxylation is 1. The molecule has 0 saturated carbocycles. The zero-order valence-electron chi connectivity index (χ0n) is 15.2. The second-order valence-electron chi connectivity index (χ2n) is 6.64. The van der Waals surface area contributed by atoms with Gasteiger partial charge in [-0.25, -0.2) is 4.98 Å². The van der Waals surface area contributed by atoms with E-state index in [4.69, 9.17) is 4.74 Å². The summed E-state index contributed by atoms with van der Waals surface area (Å²) >= 11 is 0. The Morgan fingerprint density at radius 2 is 2.04 bits per heavy atom. The summed E-state index contributed by atoms with van der Waals surface area (Å²) in [6.07, 6.45) is 4.02. The highest BCUT2D eigenvalue weighted by Gasteiger charge is 2.26. The van der Waals surface area contributed by atoms with Gasteiger partial charge in [-0.15, -0.1) is 0 Å². The SMILES string of the molecule is COc1ccccc1C(CNc1cc(C)nc2ncnn12)N1CCCC1. The number of likely N-dealkylation sites (tertiary alicyclic amines) is 1. The van der Waals surface area contributed by atoms with Crippen LogP contribution in [0.25, 0.3) is 5.78 Å². The molecule has 1 N–H and O–H groups in total. The minimum Gasteiger partial charge on any atom is -0.496 e. The molecular formula is C19H24N6O. The Kier molecular flexibility index (Phi) is 4.71. The van der Waals surface area contributed by atoms with E-state index >= 15 is 0 Å². The van der Waals surface area contributed by atoms with Gasteiger partial charge in [0.25, 0.3) is 5.78 Å². The lowest BCUT2D eigenvalue weighted by Crippen LogP contribution is -2.31. The summed E-state index contributed by atoms with van der Waals surface area (Å²) in [5.74, 6) is 2.45. The topological polar surface area (TPSA) is 67.6 Å². The minimum absolute atomic E-state index is 0.237. The summed E-state index contributed by atoms with van der Waals surface area (Å²) in [5.41, 5.74) is 2.13. The van der Waals surface area contributed by atoms with Crippen LogP contribution in [-0.4, -0.2) is 51.2 Å². The number of rotatable bonds is 6. The van der Waals surface area contributed by atoms with Crippen molar-refractivity contribution in [3.05, 3.63) is 47.9 Å². The van der Waals surface area contributed by atoms with E-state index in [1.165, 1.54) is 24.7 Å². The van der Waals surface area contributed by atoms with Gasteiger partial charge in [0.2, 0.25) is 0 Å². The van der Waals surface area contributed by atoms with Crippen molar-refractivity contribution < 1.29 is 4.74 Å². The maximum Gasteiger partial charge on any atom is 0.254 e. The molecule has 0 spiro atoms. The molecule has 1 unspecified atom stereocenters. The predicted octanol–water partition coefficient (Wildman–Crippen LogP) is 2.69. The lowest BCUT2D eigenvalue weighted by molar-refractivity contribution is 0.249. The van der Waals surface area contributed by atoms with Gasteiger partial charge in [0, 0.05) is 23.9 Å². The molecule has 3 heterocycles. The Labute approximate surface area is 153 Å². The van der Waals surface area contributed by atoms with E-state index in [9.17, 15) is 0 Å². The molecule has 1 fully saturated rings. The van der Waals surface area contributed by atoms with Crippen molar-refractivity contribution in [1.29, 1.82) is 0 Å². The van der Waals surface area contributed by atoms with Crippen LogP contribution >= 0.6 is 0 Å². The molecule has 0 bridgehead atoms. The Bertz CT molecular complexity index is 887. The first-order chi connectivity index (χ1) is 12.8. The quantitative estimate of drug-likeness (QED) is 0.736. The second kappa shape index (κ2) is 7.29. The van der Waals surface area contributed by atoms with E-state index in [-0.39, 0.29) is 6.04 Å². The van der Waals surface area contributed by atoms with Crippen LogP contribution in [0.5, 0.6) is 5.75 Å². The van der Waals surface area contributed by atoms with Gasteiger partial charge >= 0.3 is 0 Å². The van der Waals surface area contributed by atoms with Gasteiger partial charge in [-0.05, 0) is 38.9 Å². The number of aromatic nitrogens is 4. The van der Waals surface area contributed by atoms with Crippen LogP contribution in [0.15, 0.2) is 36.7 Å². The Hall–Kier alpha value is -2.67. The van der Waals surface area contributed by atoms with Crippen molar-refractivity contribution in [2.75, 3.05) is 32.1 Å². The molecule has 0 amide bonds. The highest BCUT2D eigenvalue weighted by Crippen LogP contribution is 2.32. The summed E-state index contributed by atoms with van der Waals surface area (Å²) in [4.78, 5) is 11.1. The minimum atomic E-state index is 0.237. The third-order valence-corrected chi connectivity index (χ3v) is 4.94. The summed E-state index contributed by atoms with van der Waals surface area (Å²) in [6, 6.07) is 10.5. The smallest absolute Gasteiger partial charge is 0.254 e. The molecule has 136 valence electrons. The molecule has 4 rings (SSSR count). The first-order valence-corrected chi connectivity index (χ1v) is 9.04. The molecule has 1 aromatic carbocycles. The average molecular weight is 352 g/mol. The maximum atomic E-state index is 5.62. The number of nitrogens with zero attached hydrogens (tertiary/aromatic N) is 5. The van der Waals surface area contributed by atoms with Crippen LogP contribution in [0.2, 0.25) is 0 Å². The molecule has 7 nitrogen and oxygen atoms in total. The van der Waals surface area contributed by atoms with Crippen LogP contribution in [0, 0.1) is 6.92 Å². The Morgan fingerprint density at radius 3 is 2.85 bits per heavy atom. The fraction of sp³-hybridized carbons (Fsp3) is 0.421. The van der Waals surface area contributed by atoms with Gasteiger partial charge < -0.3 is 10.1 Å². The van der Waals surface area contributed by atoms with E-state index < -0.39 is 0 Å². The molecule has 1 saturated heterocycles. The highest BCUT2D eigenvalue weighted by atomic mass is 16.5. The van der Waals surface area contributed by atoms with E-state index in [1.807, 2.05) is 25.1 Å². The fourth-order valence-electron chi connectivity index (χ4n) is 3.69. The monoisotopic (exact) mass is 352 g/mol. The van der Waals surface area contributed by atoms with Crippen LogP contribution in [0.4, 0.5) is 5.82 Å². The fourth-order valence-corrected chi connectivity index (χ4v) is 3.69. The number of nitrogens with one attached hydrogen (secondary N) is 1. The zero-order chi connectivity index (χ0) is 17.9. The van der Waals surface area contributed by atoms with E-state index in [2.05, 4.69) is 37.4 Å². The maximum absolute atomic E-state index is 5.62. The van der Waals surface area contributed by atoms with Crippen molar-refractivity contribution >= 4 is 11.6 Å². The van der Waals surface area contributed by atoms with Crippen LogP contribution in [0.3, 0.4) is 0 Å². The molecule has 0 aliphatic carbocycles. The Morgan fingerprint density at radius 1 is 1.23 bits per heavy atom. The molecule has 26 heavy (non-hydrogen) atoms. The average Bonchev–Trinajstić information content (AvgIpc) is 3.34. The van der Waals surface area contributed by atoms with Crippen molar-refractivity contribution in [2.45, 2.75) is 25.8 Å². The molecule has 1 aliphatic rings. The number of benzene rings is 1. The lowest BCUT2D eigenvalue weighted by Gasteiger charge is -2.29. The highest BCUT2D eigenvalue weighted by molar-refractivity contribution is 5.45. The summed E-state index contributed by atoms with van der Waals surface area (Å²) < 4.78 is 7.37. The number of hydrogen-bond donors (Lipinski definition) is 1. The number of fused-ring (bicyclic) bond motifs is 1. The van der Waals surface area contributed by atoms with Crippen molar-refractivity contribution in [3.8, 4) is 5.75 Å². The number of ether oxygens (including phenoxy) is 1. The van der Waals surface area contributed by atoms with Crippen molar-refractivity contribution in [2.24, 2.45) is 0 Å². The van der Waals surface area contributed by atoms with Crippen LogP contribution in [0.1, 0.15) is 30.1 Å². The van der Waals surface area contributed by atoms with E-state index in [1.54, 1.807) is 11.6 Å². The molecular weight excluding hydrogens is 328 g/mol. The van der Waals surface area contributed by atoms with Crippen LogP contribution in [-0.2, 0) is 0 Å². The molecule has 3 aromatic rings.